The average molecular weight is 394 g/mol. The fourth-order valence-corrected chi connectivity index (χ4v) is 4.38. The lowest BCUT2D eigenvalue weighted by Crippen LogP contribution is -2.42. The van der Waals surface area contributed by atoms with Gasteiger partial charge in [0, 0.05) is 29.7 Å². The Balaban J connectivity index is 1.89. The summed E-state index contributed by atoms with van der Waals surface area (Å²) in [5.41, 5.74) is 3.76. The topological polar surface area (TPSA) is 46.1 Å². The van der Waals surface area contributed by atoms with Crippen molar-refractivity contribution in [3.05, 3.63) is 58.7 Å². The van der Waals surface area contributed by atoms with E-state index in [0.29, 0.717) is 28.1 Å². The number of carbonyl (C=O) groups excluding carboxylic acids is 1. The molecule has 3 heterocycles. The summed E-state index contributed by atoms with van der Waals surface area (Å²) >= 11 is 6.35. The fraction of sp³-hybridized carbons (Fsp3) is 0.348. The van der Waals surface area contributed by atoms with Crippen LogP contribution in [0.2, 0.25) is 5.02 Å². The molecule has 2 atom stereocenters. The van der Waals surface area contributed by atoms with Crippen molar-refractivity contribution in [1.82, 2.24) is 14.9 Å². The SMILES string of the molecule is Cc1c(Cl)ccc2c(C(=O)N3C[C@H](C)C[C@H](C)C3)cc(-c3ccccn3)nc12. The van der Waals surface area contributed by atoms with Crippen molar-refractivity contribution in [2.45, 2.75) is 27.2 Å². The zero-order valence-corrected chi connectivity index (χ0v) is 17.2. The number of nitrogens with zero attached hydrogens (tertiary/aromatic N) is 3. The number of fused-ring (bicyclic) bond motifs is 1. The lowest BCUT2D eigenvalue weighted by molar-refractivity contribution is 0.0625. The van der Waals surface area contributed by atoms with Crippen molar-refractivity contribution in [3.63, 3.8) is 0 Å². The minimum atomic E-state index is 0.0599. The average Bonchev–Trinajstić information content (AvgIpc) is 2.69. The molecule has 144 valence electrons. The molecule has 4 rings (SSSR count). The van der Waals surface area contributed by atoms with E-state index in [1.807, 2.05) is 48.2 Å². The number of halogens is 1. The van der Waals surface area contributed by atoms with Crippen LogP contribution in [-0.2, 0) is 0 Å². The van der Waals surface area contributed by atoms with Gasteiger partial charge in [-0.2, -0.15) is 0 Å². The highest BCUT2D eigenvalue weighted by Gasteiger charge is 2.28. The molecule has 5 heteroatoms. The first-order valence-corrected chi connectivity index (χ1v) is 10.1. The summed E-state index contributed by atoms with van der Waals surface area (Å²) in [4.78, 5) is 24.7. The number of aromatic nitrogens is 2. The number of benzene rings is 1. The van der Waals surface area contributed by atoms with Crippen LogP contribution in [0.1, 0.15) is 36.2 Å². The molecule has 28 heavy (non-hydrogen) atoms. The summed E-state index contributed by atoms with van der Waals surface area (Å²) in [6.45, 7) is 7.95. The van der Waals surface area contributed by atoms with Crippen molar-refractivity contribution >= 4 is 28.4 Å². The lowest BCUT2D eigenvalue weighted by atomic mass is 9.91. The van der Waals surface area contributed by atoms with E-state index in [0.717, 1.165) is 41.7 Å². The summed E-state index contributed by atoms with van der Waals surface area (Å²) in [6.07, 6.45) is 2.90. The molecular weight excluding hydrogens is 370 g/mol. The summed E-state index contributed by atoms with van der Waals surface area (Å²) in [5, 5.41) is 1.49. The Morgan fingerprint density at radius 2 is 1.86 bits per heavy atom. The molecule has 0 unspecified atom stereocenters. The highest BCUT2D eigenvalue weighted by atomic mass is 35.5. The second-order valence-electron chi connectivity index (χ2n) is 7.99. The van der Waals surface area contributed by atoms with Crippen LogP contribution in [-0.4, -0.2) is 33.9 Å². The maximum Gasteiger partial charge on any atom is 0.254 e. The van der Waals surface area contributed by atoms with Gasteiger partial charge in [-0.15, -0.1) is 0 Å². The number of hydrogen-bond acceptors (Lipinski definition) is 3. The Bertz CT molecular complexity index is 1020. The van der Waals surface area contributed by atoms with Gasteiger partial charge < -0.3 is 4.90 Å². The molecule has 0 bridgehead atoms. The van der Waals surface area contributed by atoms with Crippen molar-refractivity contribution in [3.8, 4) is 11.4 Å². The summed E-state index contributed by atoms with van der Waals surface area (Å²) in [6, 6.07) is 11.3. The molecule has 1 amide bonds. The smallest absolute Gasteiger partial charge is 0.254 e. The van der Waals surface area contributed by atoms with Crippen LogP contribution in [0.4, 0.5) is 0 Å². The minimum absolute atomic E-state index is 0.0599. The summed E-state index contributed by atoms with van der Waals surface area (Å²) in [5.74, 6) is 1.07. The first-order valence-electron chi connectivity index (χ1n) is 9.74. The predicted molar refractivity (Wildman–Crippen MR) is 114 cm³/mol. The molecule has 1 saturated heterocycles. The molecule has 1 aromatic carbocycles. The molecule has 1 aliphatic rings. The van der Waals surface area contributed by atoms with E-state index in [4.69, 9.17) is 16.6 Å². The number of aryl methyl sites for hydroxylation is 1. The molecule has 0 saturated carbocycles. The van der Waals surface area contributed by atoms with Crippen molar-refractivity contribution in [1.29, 1.82) is 0 Å². The Kier molecular flexibility index (Phi) is 5.07. The van der Waals surface area contributed by atoms with Gasteiger partial charge in [0.2, 0.25) is 0 Å². The quantitative estimate of drug-likeness (QED) is 0.587. The second kappa shape index (κ2) is 7.51. The van der Waals surface area contributed by atoms with Gasteiger partial charge in [0.25, 0.3) is 5.91 Å². The van der Waals surface area contributed by atoms with Crippen LogP contribution in [0.25, 0.3) is 22.3 Å². The molecule has 1 fully saturated rings. The number of amides is 1. The van der Waals surface area contributed by atoms with E-state index in [9.17, 15) is 4.79 Å². The first kappa shape index (κ1) is 18.9. The van der Waals surface area contributed by atoms with E-state index in [-0.39, 0.29) is 5.91 Å². The predicted octanol–water partition coefficient (Wildman–Crippen LogP) is 5.38. The van der Waals surface area contributed by atoms with Crippen LogP contribution < -0.4 is 0 Å². The number of carbonyl (C=O) groups is 1. The van der Waals surface area contributed by atoms with Crippen LogP contribution in [0, 0.1) is 18.8 Å². The summed E-state index contributed by atoms with van der Waals surface area (Å²) in [7, 11) is 0. The zero-order valence-electron chi connectivity index (χ0n) is 16.4. The molecule has 1 aliphatic heterocycles. The molecule has 3 aromatic rings. The molecule has 2 aromatic heterocycles. The molecule has 4 nitrogen and oxygen atoms in total. The zero-order chi connectivity index (χ0) is 19.8. The van der Waals surface area contributed by atoms with Crippen LogP contribution in [0.15, 0.2) is 42.6 Å². The third-order valence-corrected chi connectivity index (χ3v) is 5.89. The maximum absolute atomic E-state index is 13.5. The van der Waals surface area contributed by atoms with Gasteiger partial charge in [0.1, 0.15) is 0 Å². The minimum Gasteiger partial charge on any atom is -0.338 e. The normalized spacial score (nSPS) is 19.8. The van der Waals surface area contributed by atoms with Gasteiger partial charge in [0.05, 0.1) is 22.5 Å². The highest BCUT2D eigenvalue weighted by molar-refractivity contribution is 6.32. The van der Waals surface area contributed by atoms with E-state index in [2.05, 4.69) is 18.8 Å². The highest BCUT2D eigenvalue weighted by Crippen LogP contribution is 2.31. The number of pyridine rings is 2. The number of likely N-dealkylation sites (tertiary alicyclic amines) is 1. The van der Waals surface area contributed by atoms with Crippen molar-refractivity contribution < 1.29 is 4.79 Å². The third kappa shape index (κ3) is 3.49. The van der Waals surface area contributed by atoms with E-state index in [1.54, 1.807) is 6.20 Å². The first-order chi connectivity index (χ1) is 13.4. The van der Waals surface area contributed by atoms with Crippen molar-refractivity contribution in [2.75, 3.05) is 13.1 Å². The number of piperidine rings is 1. The van der Waals surface area contributed by atoms with E-state index in [1.165, 1.54) is 0 Å². The monoisotopic (exact) mass is 393 g/mol. The molecule has 0 N–H and O–H groups in total. The Morgan fingerprint density at radius 3 is 2.54 bits per heavy atom. The summed E-state index contributed by atoms with van der Waals surface area (Å²) < 4.78 is 0. The molecular formula is C23H24ClN3O. The third-order valence-electron chi connectivity index (χ3n) is 5.48. The van der Waals surface area contributed by atoms with Crippen LogP contribution >= 0.6 is 11.6 Å². The van der Waals surface area contributed by atoms with Crippen LogP contribution in [0.5, 0.6) is 0 Å². The lowest BCUT2D eigenvalue weighted by Gasteiger charge is -2.35. The fourth-order valence-electron chi connectivity index (χ4n) is 4.23. The maximum atomic E-state index is 13.5. The van der Waals surface area contributed by atoms with Gasteiger partial charge in [-0.3, -0.25) is 9.78 Å². The van der Waals surface area contributed by atoms with E-state index >= 15 is 0 Å². The molecule has 0 aliphatic carbocycles. The van der Waals surface area contributed by atoms with Gasteiger partial charge in [-0.1, -0.05) is 37.6 Å². The van der Waals surface area contributed by atoms with Gasteiger partial charge >= 0.3 is 0 Å². The van der Waals surface area contributed by atoms with Gasteiger partial charge in [-0.05, 0) is 55.0 Å². The molecule has 0 spiro atoms. The number of hydrogen-bond donors (Lipinski definition) is 0. The van der Waals surface area contributed by atoms with Crippen molar-refractivity contribution in [2.24, 2.45) is 11.8 Å². The molecule has 0 radical (unpaired) electrons. The Morgan fingerprint density at radius 1 is 1.11 bits per heavy atom. The Labute approximate surface area is 170 Å². The number of rotatable bonds is 2. The van der Waals surface area contributed by atoms with E-state index < -0.39 is 0 Å². The second-order valence-corrected chi connectivity index (χ2v) is 8.40. The van der Waals surface area contributed by atoms with Gasteiger partial charge in [0.15, 0.2) is 0 Å². The van der Waals surface area contributed by atoms with Gasteiger partial charge in [-0.25, -0.2) is 4.98 Å². The standard InChI is InChI=1S/C23H24ClN3O/c1-14-10-15(2)13-27(12-14)23(28)18-11-21(20-6-4-5-9-25-20)26-22-16(3)19(24)8-7-17(18)22/h4-9,11,14-15H,10,12-13H2,1-3H3/t14-,15+. The largest absolute Gasteiger partial charge is 0.338 e. The van der Waals surface area contributed by atoms with Crippen LogP contribution in [0.3, 0.4) is 0 Å². The Hall–Kier alpha value is -2.46.